The summed E-state index contributed by atoms with van der Waals surface area (Å²) in [4.78, 5) is 24.8. The first-order chi connectivity index (χ1) is 18.2. The standard InChI is InChI=1S/C23H26N10O4S/c1-15-28-19(26-11-12-27-23(34)37-14-16-5-3-2-4-6-16)13-20(29-15)33-21(24)31-22(32-33)30-17-7-9-18(10-8-17)38(25,35)36/h2-10,13H,11-12,14H2,1H3,(H,27,34)(H2,25,35,36)(H,26,28,29)(H3,24,30,31,32). The third kappa shape index (κ3) is 7.14. The molecule has 38 heavy (non-hydrogen) atoms. The molecule has 14 nitrogen and oxygen atoms in total. The predicted molar refractivity (Wildman–Crippen MR) is 140 cm³/mol. The van der Waals surface area contributed by atoms with E-state index in [1.165, 1.54) is 28.9 Å². The van der Waals surface area contributed by atoms with Gasteiger partial charge in [-0.3, -0.25) is 0 Å². The molecule has 0 saturated heterocycles. The summed E-state index contributed by atoms with van der Waals surface area (Å²) < 4.78 is 29.4. The highest BCUT2D eigenvalue weighted by molar-refractivity contribution is 7.89. The van der Waals surface area contributed by atoms with Crippen LogP contribution in [0.1, 0.15) is 11.4 Å². The molecule has 198 valence electrons. The third-order valence-electron chi connectivity index (χ3n) is 5.03. The van der Waals surface area contributed by atoms with Gasteiger partial charge in [-0.05, 0) is 36.8 Å². The van der Waals surface area contributed by atoms with E-state index in [9.17, 15) is 13.2 Å². The van der Waals surface area contributed by atoms with E-state index in [1.807, 2.05) is 30.3 Å². The Kier molecular flexibility index (Phi) is 7.98. The van der Waals surface area contributed by atoms with Crippen molar-refractivity contribution in [1.82, 2.24) is 30.0 Å². The number of carbonyl (C=O) groups excluding carboxylic acids is 1. The van der Waals surface area contributed by atoms with E-state index in [4.69, 9.17) is 15.6 Å². The molecule has 0 aliphatic rings. The summed E-state index contributed by atoms with van der Waals surface area (Å²) in [6.07, 6.45) is -0.523. The number of benzene rings is 2. The lowest BCUT2D eigenvalue weighted by Gasteiger charge is -2.10. The number of amides is 1. The number of nitrogens with two attached hydrogens (primary N) is 2. The van der Waals surface area contributed by atoms with Gasteiger partial charge < -0.3 is 26.4 Å². The number of nitrogen functional groups attached to an aromatic ring is 1. The number of nitrogens with zero attached hydrogens (tertiary/aromatic N) is 5. The summed E-state index contributed by atoms with van der Waals surface area (Å²) in [7, 11) is -3.80. The van der Waals surface area contributed by atoms with E-state index in [1.54, 1.807) is 13.0 Å². The number of aryl methyl sites for hydroxylation is 1. The number of sulfonamides is 1. The van der Waals surface area contributed by atoms with Crippen LogP contribution in [-0.4, -0.2) is 52.3 Å². The van der Waals surface area contributed by atoms with Crippen molar-refractivity contribution < 1.29 is 17.9 Å². The molecule has 0 bridgehead atoms. The number of ether oxygens (including phenoxy) is 1. The molecule has 7 N–H and O–H groups in total. The Morgan fingerprint density at radius 2 is 1.76 bits per heavy atom. The second kappa shape index (κ2) is 11.5. The van der Waals surface area contributed by atoms with Gasteiger partial charge in [0.25, 0.3) is 0 Å². The number of anilines is 4. The van der Waals surface area contributed by atoms with E-state index in [2.05, 4.69) is 36.0 Å². The van der Waals surface area contributed by atoms with Gasteiger partial charge in [0.2, 0.25) is 21.9 Å². The van der Waals surface area contributed by atoms with Crippen LogP contribution in [-0.2, 0) is 21.4 Å². The van der Waals surface area contributed by atoms with Crippen LogP contribution in [0.25, 0.3) is 5.82 Å². The SMILES string of the molecule is Cc1nc(NCCNC(=O)OCc2ccccc2)cc(-n2nc(Nc3ccc(S(N)(=O)=O)cc3)nc2N)n1. The first kappa shape index (κ1) is 26.3. The van der Waals surface area contributed by atoms with Crippen LogP contribution in [0, 0.1) is 6.92 Å². The summed E-state index contributed by atoms with van der Waals surface area (Å²) >= 11 is 0. The lowest BCUT2D eigenvalue weighted by Crippen LogP contribution is -2.29. The molecule has 4 rings (SSSR count). The van der Waals surface area contributed by atoms with E-state index in [0.29, 0.717) is 36.2 Å². The quantitative estimate of drug-likeness (QED) is 0.184. The Balaban J connectivity index is 1.33. The molecule has 0 unspecified atom stereocenters. The Hall–Kier alpha value is -4.76. The van der Waals surface area contributed by atoms with Crippen LogP contribution in [0.2, 0.25) is 0 Å². The summed E-state index contributed by atoms with van der Waals surface area (Å²) in [6, 6.07) is 16.8. The van der Waals surface area contributed by atoms with E-state index in [-0.39, 0.29) is 23.4 Å². The van der Waals surface area contributed by atoms with Crippen molar-refractivity contribution in [3.8, 4) is 5.82 Å². The van der Waals surface area contributed by atoms with Crippen molar-refractivity contribution in [2.24, 2.45) is 5.14 Å². The van der Waals surface area contributed by atoms with Crippen molar-refractivity contribution in [2.75, 3.05) is 29.5 Å². The largest absolute Gasteiger partial charge is 0.445 e. The second-order valence-electron chi connectivity index (χ2n) is 7.97. The molecule has 0 fully saturated rings. The zero-order valence-corrected chi connectivity index (χ0v) is 21.1. The number of rotatable bonds is 10. The van der Waals surface area contributed by atoms with Crippen LogP contribution < -0.4 is 26.8 Å². The maximum absolute atomic E-state index is 11.9. The van der Waals surface area contributed by atoms with Gasteiger partial charge >= 0.3 is 6.09 Å². The molecule has 0 aliphatic heterocycles. The van der Waals surface area contributed by atoms with Gasteiger partial charge in [0.15, 0.2) is 5.82 Å². The first-order valence-corrected chi connectivity index (χ1v) is 12.9. The lowest BCUT2D eigenvalue weighted by molar-refractivity contribution is 0.140. The maximum atomic E-state index is 11.9. The third-order valence-corrected chi connectivity index (χ3v) is 5.96. The fourth-order valence-corrected chi connectivity index (χ4v) is 3.80. The normalized spacial score (nSPS) is 11.1. The fraction of sp³-hybridized carbons (Fsp3) is 0.174. The summed E-state index contributed by atoms with van der Waals surface area (Å²) in [6.45, 7) is 2.58. The molecule has 1 amide bonds. The number of alkyl carbamates (subject to hydrolysis) is 1. The number of primary sulfonamides is 1. The van der Waals surface area contributed by atoms with Crippen molar-refractivity contribution in [2.45, 2.75) is 18.4 Å². The Morgan fingerprint density at radius 3 is 2.47 bits per heavy atom. The topological polar surface area (TPSA) is 205 Å². The van der Waals surface area contributed by atoms with Gasteiger partial charge in [-0.2, -0.15) is 9.67 Å². The fourth-order valence-electron chi connectivity index (χ4n) is 3.28. The molecule has 4 aromatic rings. The molecule has 0 saturated carbocycles. The van der Waals surface area contributed by atoms with Crippen molar-refractivity contribution in [3.63, 3.8) is 0 Å². The second-order valence-corrected chi connectivity index (χ2v) is 9.54. The van der Waals surface area contributed by atoms with E-state index in [0.717, 1.165) is 5.56 Å². The average molecular weight is 539 g/mol. The summed E-state index contributed by atoms with van der Waals surface area (Å²) in [5.74, 6) is 1.58. The Bertz CT molecular complexity index is 1510. The number of hydrogen-bond acceptors (Lipinski definition) is 11. The van der Waals surface area contributed by atoms with Crippen molar-refractivity contribution in [1.29, 1.82) is 0 Å². The minimum absolute atomic E-state index is 0.0168. The highest BCUT2D eigenvalue weighted by Crippen LogP contribution is 2.19. The molecule has 0 aliphatic carbocycles. The van der Waals surface area contributed by atoms with Gasteiger partial charge in [0.05, 0.1) is 4.90 Å². The van der Waals surface area contributed by atoms with Gasteiger partial charge in [-0.25, -0.2) is 28.3 Å². The molecule has 0 atom stereocenters. The molecule has 2 heterocycles. The molecule has 0 spiro atoms. The van der Waals surface area contributed by atoms with Crippen molar-refractivity contribution in [3.05, 3.63) is 72.1 Å². The molecule has 15 heteroatoms. The zero-order valence-electron chi connectivity index (χ0n) is 20.3. The number of carbonyl (C=O) groups is 1. The average Bonchev–Trinajstić information content (AvgIpc) is 3.25. The van der Waals surface area contributed by atoms with Crippen LogP contribution >= 0.6 is 0 Å². The summed E-state index contributed by atoms with van der Waals surface area (Å²) in [5, 5.41) is 18.2. The number of hydrogen-bond donors (Lipinski definition) is 5. The Morgan fingerprint density at radius 1 is 1.03 bits per heavy atom. The molecule has 0 radical (unpaired) electrons. The van der Waals surface area contributed by atoms with Gasteiger partial charge in [0, 0.05) is 24.8 Å². The summed E-state index contributed by atoms with van der Waals surface area (Å²) in [5.41, 5.74) is 7.48. The molecular weight excluding hydrogens is 512 g/mol. The van der Waals surface area contributed by atoms with Crippen LogP contribution in [0.5, 0.6) is 0 Å². The van der Waals surface area contributed by atoms with Crippen LogP contribution in [0.4, 0.5) is 28.2 Å². The Labute approximate surface area is 218 Å². The monoisotopic (exact) mass is 538 g/mol. The number of nitrogens with one attached hydrogen (secondary N) is 3. The van der Waals surface area contributed by atoms with E-state index < -0.39 is 16.1 Å². The minimum atomic E-state index is -3.80. The highest BCUT2D eigenvalue weighted by atomic mass is 32.2. The van der Waals surface area contributed by atoms with Gasteiger partial charge in [-0.15, -0.1) is 5.10 Å². The van der Waals surface area contributed by atoms with Gasteiger partial charge in [0.1, 0.15) is 18.2 Å². The molecular formula is C23H26N10O4S. The molecule has 2 aromatic carbocycles. The zero-order chi connectivity index (χ0) is 27.1. The molecule has 2 aromatic heterocycles. The van der Waals surface area contributed by atoms with Crippen molar-refractivity contribution >= 4 is 39.5 Å². The first-order valence-electron chi connectivity index (χ1n) is 11.3. The highest BCUT2D eigenvalue weighted by Gasteiger charge is 2.13. The van der Waals surface area contributed by atoms with Gasteiger partial charge in [-0.1, -0.05) is 30.3 Å². The lowest BCUT2D eigenvalue weighted by atomic mass is 10.2. The van der Waals surface area contributed by atoms with E-state index >= 15 is 0 Å². The minimum Gasteiger partial charge on any atom is -0.445 e. The predicted octanol–water partition coefficient (Wildman–Crippen LogP) is 1.68. The number of aromatic nitrogens is 5. The van der Waals surface area contributed by atoms with Crippen LogP contribution in [0.3, 0.4) is 0 Å². The van der Waals surface area contributed by atoms with Crippen LogP contribution in [0.15, 0.2) is 65.6 Å². The smallest absolute Gasteiger partial charge is 0.407 e. The maximum Gasteiger partial charge on any atom is 0.407 e.